The quantitative estimate of drug-likeness (QED) is 0.764. The van der Waals surface area contributed by atoms with Crippen molar-refractivity contribution in [3.8, 4) is 0 Å². The van der Waals surface area contributed by atoms with Gasteiger partial charge in [-0.1, -0.05) is 19.3 Å². The van der Waals surface area contributed by atoms with Gasteiger partial charge >= 0.3 is 0 Å². The Morgan fingerprint density at radius 3 is 2.60 bits per heavy atom. The van der Waals surface area contributed by atoms with E-state index in [1.54, 1.807) is 10.6 Å². The van der Waals surface area contributed by atoms with E-state index in [2.05, 4.69) is 0 Å². The lowest BCUT2D eigenvalue weighted by Gasteiger charge is -2.23. The SMILES string of the molecule is Cn1c(C2CCCCC2)ccc(N)c1=O. The lowest BCUT2D eigenvalue weighted by Crippen LogP contribution is -2.25. The average Bonchev–Trinajstić information content (AvgIpc) is 2.27. The predicted octanol–water partition coefficient (Wildman–Crippen LogP) is 2.02. The molecular weight excluding hydrogens is 188 g/mol. The van der Waals surface area contributed by atoms with Crippen LogP contribution in [-0.4, -0.2) is 4.57 Å². The van der Waals surface area contributed by atoms with E-state index in [-0.39, 0.29) is 5.56 Å². The highest BCUT2D eigenvalue weighted by Gasteiger charge is 2.18. The van der Waals surface area contributed by atoms with Crippen LogP contribution in [0.25, 0.3) is 0 Å². The van der Waals surface area contributed by atoms with Gasteiger partial charge in [0.25, 0.3) is 5.56 Å². The Kier molecular flexibility index (Phi) is 2.80. The van der Waals surface area contributed by atoms with Crippen LogP contribution < -0.4 is 11.3 Å². The number of nitrogen functional groups attached to an aromatic ring is 1. The smallest absolute Gasteiger partial charge is 0.273 e. The van der Waals surface area contributed by atoms with Crippen molar-refractivity contribution in [1.82, 2.24) is 4.57 Å². The second kappa shape index (κ2) is 4.09. The molecule has 0 bridgehead atoms. The molecule has 0 atom stereocenters. The Hall–Kier alpha value is -1.25. The van der Waals surface area contributed by atoms with Crippen LogP contribution in [0.4, 0.5) is 5.69 Å². The molecule has 1 aliphatic carbocycles. The van der Waals surface area contributed by atoms with Crippen LogP contribution >= 0.6 is 0 Å². The third kappa shape index (κ3) is 1.91. The minimum atomic E-state index is -0.0573. The monoisotopic (exact) mass is 206 g/mol. The van der Waals surface area contributed by atoms with Crippen molar-refractivity contribution in [2.24, 2.45) is 7.05 Å². The zero-order valence-corrected chi connectivity index (χ0v) is 9.20. The first kappa shape index (κ1) is 10.3. The fourth-order valence-corrected chi connectivity index (χ4v) is 2.48. The molecule has 1 fully saturated rings. The molecule has 0 aliphatic heterocycles. The second-order valence-corrected chi connectivity index (χ2v) is 4.41. The fourth-order valence-electron chi connectivity index (χ4n) is 2.48. The van der Waals surface area contributed by atoms with Crippen molar-refractivity contribution in [2.75, 3.05) is 5.73 Å². The summed E-state index contributed by atoms with van der Waals surface area (Å²) in [6.45, 7) is 0. The maximum absolute atomic E-state index is 11.7. The Bertz CT molecular complexity index is 403. The van der Waals surface area contributed by atoms with Gasteiger partial charge in [0.05, 0.1) is 5.69 Å². The fraction of sp³-hybridized carbons (Fsp3) is 0.583. The number of hydrogen-bond acceptors (Lipinski definition) is 2. The molecular formula is C12H18N2O. The number of nitrogens with two attached hydrogens (primary N) is 1. The Morgan fingerprint density at radius 2 is 1.93 bits per heavy atom. The van der Waals surface area contributed by atoms with Crippen LogP contribution in [0, 0.1) is 0 Å². The van der Waals surface area contributed by atoms with Crippen molar-refractivity contribution in [2.45, 2.75) is 38.0 Å². The molecule has 3 nitrogen and oxygen atoms in total. The highest BCUT2D eigenvalue weighted by molar-refractivity contribution is 5.36. The third-order valence-corrected chi connectivity index (χ3v) is 3.40. The first-order chi connectivity index (χ1) is 7.20. The molecule has 82 valence electrons. The van der Waals surface area contributed by atoms with Crippen LogP contribution in [0.2, 0.25) is 0 Å². The normalized spacial score (nSPS) is 17.9. The van der Waals surface area contributed by atoms with Gasteiger partial charge in [-0.15, -0.1) is 0 Å². The van der Waals surface area contributed by atoms with Gasteiger partial charge < -0.3 is 10.3 Å². The van der Waals surface area contributed by atoms with E-state index in [9.17, 15) is 4.79 Å². The summed E-state index contributed by atoms with van der Waals surface area (Å²) < 4.78 is 1.71. The molecule has 1 aromatic rings. The first-order valence-electron chi connectivity index (χ1n) is 5.65. The van der Waals surface area contributed by atoms with Crippen LogP contribution in [0.1, 0.15) is 43.7 Å². The topological polar surface area (TPSA) is 48.0 Å². The summed E-state index contributed by atoms with van der Waals surface area (Å²) in [6.07, 6.45) is 6.31. The molecule has 2 rings (SSSR count). The lowest BCUT2D eigenvalue weighted by molar-refractivity contribution is 0.426. The average molecular weight is 206 g/mol. The molecule has 1 aromatic heterocycles. The van der Waals surface area contributed by atoms with E-state index in [1.807, 2.05) is 13.1 Å². The van der Waals surface area contributed by atoms with Crippen molar-refractivity contribution in [3.05, 3.63) is 28.2 Å². The third-order valence-electron chi connectivity index (χ3n) is 3.40. The Balaban J connectivity index is 2.35. The molecule has 0 spiro atoms. The van der Waals surface area contributed by atoms with E-state index in [0.29, 0.717) is 11.6 Å². The van der Waals surface area contributed by atoms with Crippen molar-refractivity contribution in [3.63, 3.8) is 0 Å². The van der Waals surface area contributed by atoms with E-state index in [0.717, 1.165) is 5.69 Å². The molecule has 1 heterocycles. The van der Waals surface area contributed by atoms with Crippen LogP contribution in [-0.2, 0) is 7.05 Å². The van der Waals surface area contributed by atoms with Crippen LogP contribution in [0.5, 0.6) is 0 Å². The summed E-state index contributed by atoms with van der Waals surface area (Å²) in [7, 11) is 1.82. The van der Waals surface area contributed by atoms with Crippen LogP contribution in [0.15, 0.2) is 16.9 Å². The molecule has 0 unspecified atom stereocenters. The van der Waals surface area contributed by atoms with Gasteiger partial charge in [-0.3, -0.25) is 4.79 Å². The number of hydrogen-bond donors (Lipinski definition) is 1. The molecule has 0 radical (unpaired) electrons. The lowest BCUT2D eigenvalue weighted by atomic mass is 9.86. The zero-order chi connectivity index (χ0) is 10.8. The van der Waals surface area contributed by atoms with E-state index < -0.39 is 0 Å². The summed E-state index contributed by atoms with van der Waals surface area (Å²) in [6, 6.07) is 3.75. The van der Waals surface area contributed by atoms with Gasteiger partial charge in [0.15, 0.2) is 0 Å². The number of rotatable bonds is 1. The molecule has 1 saturated carbocycles. The first-order valence-corrected chi connectivity index (χ1v) is 5.65. The molecule has 15 heavy (non-hydrogen) atoms. The summed E-state index contributed by atoms with van der Waals surface area (Å²) in [5, 5.41) is 0. The molecule has 3 heteroatoms. The highest BCUT2D eigenvalue weighted by Crippen LogP contribution is 2.31. The minimum absolute atomic E-state index is 0.0573. The number of anilines is 1. The number of nitrogens with zero attached hydrogens (tertiary/aromatic N) is 1. The predicted molar refractivity (Wildman–Crippen MR) is 61.9 cm³/mol. The number of pyridine rings is 1. The van der Waals surface area contributed by atoms with Gasteiger partial charge in [-0.05, 0) is 30.9 Å². The minimum Gasteiger partial charge on any atom is -0.394 e. The summed E-state index contributed by atoms with van der Waals surface area (Å²) in [4.78, 5) is 11.7. The van der Waals surface area contributed by atoms with Gasteiger partial charge in [0.1, 0.15) is 0 Å². The standard InChI is InChI=1S/C12H18N2O/c1-14-11(8-7-10(13)12(14)15)9-5-3-2-4-6-9/h7-9H,2-6,13H2,1H3. The van der Waals surface area contributed by atoms with Crippen molar-refractivity contribution >= 4 is 5.69 Å². The van der Waals surface area contributed by atoms with Gasteiger partial charge in [-0.2, -0.15) is 0 Å². The zero-order valence-electron chi connectivity index (χ0n) is 9.20. The summed E-state index contributed by atoms with van der Waals surface area (Å²) >= 11 is 0. The maximum atomic E-state index is 11.7. The summed E-state index contributed by atoms with van der Waals surface area (Å²) in [5.74, 6) is 0.553. The van der Waals surface area contributed by atoms with E-state index >= 15 is 0 Å². The molecule has 1 aliphatic rings. The van der Waals surface area contributed by atoms with E-state index in [4.69, 9.17) is 5.73 Å². The Morgan fingerprint density at radius 1 is 1.27 bits per heavy atom. The van der Waals surface area contributed by atoms with E-state index in [1.165, 1.54) is 32.1 Å². The molecule has 0 aromatic carbocycles. The van der Waals surface area contributed by atoms with Gasteiger partial charge in [0.2, 0.25) is 0 Å². The second-order valence-electron chi connectivity index (χ2n) is 4.41. The largest absolute Gasteiger partial charge is 0.394 e. The van der Waals surface area contributed by atoms with Gasteiger partial charge in [-0.25, -0.2) is 0 Å². The van der Waals surface area contributed by atoms with Crippen molar-refractivity contribution < 1.29 is 0 Å². The molecule has 0 amide bonds. The summed E-state index contributed by atoms with van der Waals surface area (Å²) in [5.41, 5.74) is 7.02. The Labute approximate surface area is 89.9 Å². The van der Waals surface area contributed by atoms with Crippen LogP contribution in [0.3, 0.4) is 0 Å². The maximum Gasteiger partial charge on any atom is 0.273 e. The molecule has 2 N–H and O–H groups in total. The highest BCUT2D eigenvalue weighted by atomic mass is 16.1. The van der Waals surface area contributed by atoms with Gasteiger partial charge in [0, 0.05) is 12.7 Å². The number of aromatic nitrogens is 1. The van der Waals surface area contributed by atoms with Crippen molar-refractivity contribution in [1.29, 1.82) is 0 Å². The molecule has 0 saturated heterocycles.